The molecule has 0 aromatic heterocycles. The quantitative estimate of drug-likeness (QED) is 0.667. The summed E-state index contributed by atoms with van der Waals surface area (Å²) >= 11 is 0. The standard InChI is InChI=1S/C13H15FO/c1-10-7-8-13(12(14)9-10)15-11-5-3-2-4-6-11/h3,5-8,12H,2,4,9H2,1H3. The second-order valence-corrected chi connectivity index (χ2v) is 3.94. The highest BCUT2D eigenvalue weighted by molar-refractivity contribution is 5.26. The van der Waals surface area contributed by atoms with Gasteiger partial charge in [-0.1, -0.05) is 17.7 Å². The maximum atomic E-state index is 13.6. The Morgan fingerprint density at radius 1 is 1.33 bits per heavy atom. The molecule has 0 bridgehead atoms. The molecule has 0 spiro atoms. The van der Waals surface area contributed by atoms with E-state index in [1.807, 2.05) is 31.2 Å². The van der Waals surface area contributed by atoms with Crippen LogP contribution in [0.1, 0.15) is 26.2 Å². The van der Waals surface area contributed by atoms with E-state index in [4.69, 9.17) is 4.74 Å². The van der Waals surface area contributed by atoms with Crippen molar-refractivity contribution in [1.82, 2.24) is 0 Å². The number of allylic oxidation sites excluding steroid dienone is 7. The summed E-state index contributed by atoms with van der Waals surface area (Å²) in [5, 5.41) is 0. The highest BCUT2D eigenvalue weighted by Crippen LogP contribution is 2.25. The molecule has 1 unspecified atom stereocenters. The summed E-state index contributed by atoms with van der Waals surface area (Å²) in [7, 11) is 0. The summed E-state index contributed by atoms with van der Waals surface area (Å²) in [6.45, 7) is 1.93. The second-order valence-electron chi connectivity index (χ2n) is 3.94. The Balaban J connectivity index is 2.05. The lowest BCUT2D eigenvalue weighted by atomic mass is 10.0. The first-order chi connectivity index (χ1) is 7.25. The third-order valence-electron chi connectivity index (χ3n) is 2.54. The van der Waals surface area contributed by atoms with Gasteiger partial charge in [-0.2, -0.15) is 0 Å². The van der Waals surface area contributed by atoms with Crippen molar-refractivity contribution in [1.29, 1.82) is 0 Å². The van der Waals surface area contributed by atoms with E-state index in [0.717, 1.165) is 24.2 Å². The number of rotatable bonds is 2. The van der Waals surface area contributed by atoms with Crippen molar-refractivity contribution in [3.8, 4) is 0 Å². The summed E-state index contributed by atoms with van der Waals surface area (Å²) in [4.78, 5) is 0. The first kappa shape index (κ1) is 10.2. The average Bonchev–Trinajstić information content (AvgIpc) is 2.24. The van der Waals surface area contributed by atoms with Gasteiger partial charge in [0.25, 0.3) is 0 Å². The van der Waals surface area contributed by atoms with Crippen LogP contribution in [0.15, 0.2) is 47.5 Å². The van der Waals surface area contributed by atoms with Crippen molar-refractivity contribution in [2.75, 3.05) is 0 Å². The van der Waals surface area contributed by atoms with Crippen molar-refractivity contribution >= 4 is 0 Å². The Bertz CT molecular complexity index is 361. The smallest absolute Gasteiger partial charge is 0.161 e. The lowest BCUT2D eigenvalue weighted by Crippen LogP contribution is -2.11. The molecule has 2 aliphatic carbocycles. The highest BCUT2D eigenvalue weighted by atomic mass is 19.1. The van der Waals surface area contributed by atoms with Crippen LogP contribution in [0.25, 0.3) is 0 Å². The van der Waals surface area contributed by atoms with Crippen molar-refractivity contribution in [2.45, 2.75) is 32.4 Å². The molecule has 0 saturated carbocycles. The van der Waals surface area contributed by atoms with Gasteiger partial charge in [-0.25, -0.2) is 4.39 Å². The monoisotopic (exact) mass is 206 g/mol. The fourth-order valence-electron chi connectivity index (χ4n) is 1.68. The Morgan fingerprint density at radius 2 is 2.20 bits per heavy atom. The Hall–Kier alpha value is -1.31. The predicted octanol–water partition coefficient (Wildman–Crippen LogP) is 3.81. The van der Waals surface area contributed by atoms with Crippen molar-refractivity contribution in [3.05, 3.63) is 47.5 Å². The van der Waals surface area contributed by atoms with Crippen molar-refractivity contribution < 1.29 is 9.13 Å². The van der Waals surface area contributed by atoms with E-state index >= 15 is 0 Å². The van der Waals surface area contributed by atoms with Gasteiger partial charge in [-0.15, -0.1) is 0 Å². The van der Waals surface area contributed by atoms with Gasteiger partial charge in [0.2, 0.25) is 0 Å². The molecule has 2 aliphatic rings. The van der Waals surface area contributed by atoms with Crippen LogP contribution in [0.2, 0.25) is 0 Å². The zero-order valence-corrected chi connectivity index (χ0v) is 8.87. The molecule has 0 aromatic carbocycles. The molecule has 1 nitrogen and oxygen atoms in total. The fraction of sp³-hybridized carbons (Fsp3) is 0.385. The van der Waals surface area contributed by atoms with Gasteiger partial charge in [0.05, 0.1) is 0 Å². The van der Waals surface area contributed by atoms with E-state index in [9.17, 15) is 4.39 Å². The van der Waals surface area contributed by atoms with Gasteiger partial charge in [-0.3, -0.25) is 0 Å². The first-order valence-electron chi connectivity index (χ1n) is 5.31. The van der Waals surface area contributed by atoms with E-state index in [0.29, 0.717) is 12.2 Å². The number of alkyl halides is 1. The number of ether oxygens (including phenoxy) is 1. The van der Waals surface area contributed by atoms with Crippen molar-refractivity contribution in [3.63, 3.8) is 0 Å². The van der Waals surface area contributed by atoms with Crippen LogP contribution in [0, 0.1) is 0 Å². The maximum absolute atomic E-state index is 13.6. The molecule has 80 valence electrons. The van der Waals surface area contributed by atoms with Crippen LogP contribution in [-0.4, -0.2) is 6.17 Å². The van der Waals surface area contributed by atoms with E-state index in [2.05, 4.69) is 0 Å². The third kappa shape index (κ3) is 2.58. The summed E-state index contributed by atoms with van der Waals surface area (Å²) in [6.07, 6.45) is 11.1. The first-order valence-corrected chi connectivity index (χ1v) is 5.31. The third-order valence-corrected chi connectivity index (χ3v) is 2.54. The van der Waals surface area contributed by atoms with E-state index < -0.39 is 6.17 Å². The lowest BCUT2D eigenvalue weighted by molar-refractivity contribution is 0.216. The molecule has 0 aromatic rings. The number of hydrogen-bond donors (Lipinski definition) is 0. The minimum Gasteiger partial charge on any atom is -0.459 e. The van der Waals surface area contributed by atoms with Crippen LogP contribution in [0.5, 0.6) is 0 Å². The molecule has 15 heavy (non-hydrogen) atoms. The molecule has 2 rings (SSSR count). The molecule has 0 fully saturated rings. The lowest BCUT2D eigenvalue weighted by Gasteiger charge is -2.19. The molecular formula is C13H15FO. The zero-order valence-electron chi connectivity index (χ0n) is 8.87. The van der Waals surface area contributed by atoms with Crippen LogP contribution in [0.3, 0.4) is 0 Å². The highest BCUT2D eigenvalue weighted by Gasteiger charge is 2.19. The summed E-state index contributed by atoms with van der Waals surface area (Å²) < 4.78 is 19.1. The summed E-state index contributed by atoms with van der Waals surface area (Å²) in [6, 6.07) is 0. The molecule has 0 saturated heterocycles. The van der Waals surface area contributed by atoms with Gasteiger partial charge < -0.3 is 4.74 Å². The molecule has 0 radical (unpaired) electrons. The van der Waals surface area contributed by atoms with Gasteiger partial charge in [0.15, 0.2) is 6.17 Å². The molecule has 1 atom stereocenters. The Labute approximate surface area is 89.6 Å². The SMILES string of the molecule is CC1=CC=C(OC2=CCCC=C2)C(F)C1. The number of hydrogen-bond acceptors (Lipinski definition) is 1. The summed E-state index contributed by atoms with van der Waals surface area (Å²) in [5.74, 6) is 1.20. The maximum Gasteiger partial charge on any atom is 0.161 e. The Morgan fingerprint density at radius 3 is 2.87 bits per heavy atom. The van der Waals surface area contributed by atoms with E-state index in [-0.39, 0.29) is 0 Å². The van der Waals surface area contributed by atoms with Crippen LogP contribution in [0.4, 0.5) is 4.39 Å². The van der Waals surface area contributed by atoms with Gasteiger partial charge in [0.1, 0.15) is 11.5 Å². The topological polar surface area (TPSA) is 9.23 Å². The molecule has 0 aliphatic heterocycles. The predicted molar refractivity (Wildman–Crippen MR) is 58.9 cm³/mol. The van der Waals surface area contributed by atoms with E-state index in [1.165, 1.54) is 0 Å². The van der Waals surface area contributed by atoms with Gasteiger partial charge >= 0.3 is 0 Å². The van der Waals surface area contributed by atoms with Crippen molar-refractivity contribution in [2.24, 2.45) is 0 Å². The van der Waals surface area contributed by atoms with Crippen LogP contribution < -0.4 is 0 Å². The van der Waals surface area contributed by atoms with E-state index in [1.54, 1.807) is 6.08 Å². The normalized spacial score (nSPS) is 25.5. The number of halogens is 1. The summed E-state index contributed by atoms with van der Waals surface area (Å²) in [5.41, 5.74) is 1.06. The Kier molecular flexibility index (Phi) is 3.05. The molecule has 2 heteroatoms. The molecular weight excluding hydrogens is 191 g/mol. The van der Waals surface area contributed by atoms with Gasteiger partial charge in [-0.05, 0) is 38.0 Å². The average molecular weight is 206 g/mol. The molecule has 0 heterocycles. The minimum atomic E-state index is -0.994. The largest absolute Gasteiger partial charge is 0.459 e. The molecule has 0 N–H and O–H groups in total. The fourth-order valence-corrected chi connectivity index (χ4v) is 1.68. The van der Waals surface area contributed by atoms with Gasteiger partial charge in [0, 0.05) is 6.42 Å². The molecule has 0 amide bonds. The second kappa shape index (κ2) is 4.47. The van der Waals surface area contributed by atoms with Crippen LogP contribution in [-0.2, 0) is 4.74 Å². The zero-order chi connectivity index (χ0) is 10.7. The van der Waals surface area contributed by atoms with Crippen LogP contribution >= 0.6 is 0 Å². The minimum absolute atomic E-state index is 0.429.